The lowest BCUT2D eigenvalue weighted by Gasteiger charge is -2.09. The van der Waals surface area contributed by atoms with Gasteiger partial charge in [0.2, 0.25) is 0 Å². The molecule has 6 heteroatoms. The molecule has 0 aliphatic heterocycles. The number of hydrogen-bond donors (Lipinski definition) is 1. The van der Waals surface area contributed by atoms with Crippen molar-refractivity contribution in [2.45, 2.75) is 30.8 Å². The Morgan fingerprint density at radius 1 is 1.33 bits per heavy atom. The Balaban J connectivity index is 2.29. The molecule has 2 rings (SSSR count). The van der Waals surface area contributed by atoms with Crippen LogP contribution in [0.1, 0.15) is 18.2 Å². The predicted molar refractivity (Wildman–Crippen MR) is 73.0 cm³/mol. The maximum atomic E-state index is 4.34. The van der Waals surface area contributed by atoms with E-state index in [0.29, 0.717) is 0 Å². The molecule has 2 heterocycles. The molecule has 0 bridgehead atoms. The lowest BCUT2D eigenvalue weighted by molar-refractivity contribution is 0.692. The van der Waals surface area contributed by atoms with Crippen LogP contribution in [0.15, 0.2) is 22.4 Å². The quantitative estimate of drug-likeness (QED) is 0.858. The molecule has 2 aromatic heterocycles. The first-order chi connectivity index (χ1) is 8.61. The zero-order chi connectivity index (χ0) is 13.1. The summed E-state index contributed by atoms with van der Waals surface area (Å²) in [4.78, 5) is 8.58. The molecule has 5 nitrogen and oxygen atoms in total. The minimum absolute atomic E-state index is 0.854. The molecule has 0 aliphatic carbocycles. The van der Waals surface area contributed by atoms with E-state index in [2.05, 4.69) is 33.4 Å². The molecule has 0 fully saturated rings. The third-order valence-corrected chi connectivity index (χ3v) is 3.74. The van der Waals surface area contributed by atoms with Crippen molar-refractivity contribution < 1.29 is 0 Å². The van der Waals surface area contributed by atoms with E-state index in [9.17, 15) is 0 Å². The summed E-state index contributed by atoms with van der Waals surface area (Å²) in [5.74, 6) is 0.897. The third-order valence-electron chi connectivity index (χ3n) is 2.54. The molecular formula is C12H17N5S. The third kappa shape index (κ3) is 2.64. The topological polar surface area (TPSA) is 55.6 Å². The Kier molecular flexibility index (Phi) is 3.86. The first kappa shape index (κ1) is 12.9. The van der Waals surface area contributed by atoms with E-state index in [1.165, 1.54) is 0 Å². The SMILES string of the molecule is CCNc1ncnc(Sc2cc(C)nn2C)c1C. The van der Waals surface area contributed by atoms with E-state index >= 15 is 0 Å². The first-order valence-corrected chi connectivity index (χ1v) is 6.67. The first-order valence-electron chi connectivity index (χ1n) is 5.85. The van der Waals surface area contributed by atoms with Gasteiger partial charge in [0.05, 0.1) is 5.69 Å². The minimum atomic E-state index is 0.854. The summed E-state index contributed by atoms with van der Waals surface area (Å²) in [6, 6.07) is 2.05. The number of anilines is 1. The van der Waals surface area contributed by atoms with Crippen molar-refractivity contribution >= 4 is 17.6 Å². The molecule has 0 amide bonds. The highest BCUT2D eigenvalue weighted by molar-refractivity contribution is 7.99. The van der Waals surface area contributed by atoms with Crippen molar-refractivity contribution in [1.29, 1.82) is 0 Å². The van der Waals surface area contributed by atoms with Gasteiger partial charge in [-0.05, 0) is 38.6 Å². The summed E-state index contributed by atoms with van der Waals surface area (Å²) >= 11 is 1.61. The molecule has 2 aromatic rings. The average molecular weight is 263 g/mol. The standard InChI is InChI=1S/C12H17N5S/c1-5-13-11-9(3)12(15-7-14-11)18-10-6-8(2)16-17(10)4/h6-7H,5H2,1-4H3,(H,13,14,15). The predicted octanol–water partition coefficient (Wildman–Crippen LogP) is 2.41. The van der Waals surface area contributed by atoms with Crippen molar-refractivity contribution in [2.24, 2.45) is 7.05 Å². The zero-order valence-electron chi connectivity index (χ0n) is 11.1. The highest BCUT2D eigenvalue weighted by Crippen LogP contribution is 2.30. The number of rotatable bonds is 4. The Labute approximate surface area is 111 Å². The maximum absolute atomic E-state index is 4.34. The van der Waals surface area contributed by atoms with Crippen LogP contribution in [-0.2, 0) is 7.05 Å². The molecule has 0 radical (unpaired) electrons. The van der Waals surface area contributed by atoms with Gasteiger partial charge in [-0.3, -0.25) is 4.68 Å². The number of aromatic nitrogens is 4. The number of nitrogens with one attached hydrogen (secondary N) is 1. The molecule has 18 heavy (non-hydrogen) atoms. The highest BCUT2D eigenvalue weighted by Gasteiger charge is 2.10. The molecule has 0 atom stereocenters. The van der Waals surface area contributed by atoms with Crippen LogP contribution in [0, 0.1) is 13.8 Å². The van der Waals surface area contributed by atoms with Gasteiger partial charge in [-0.25, -0.2) is 9.97 Å². The van der Waals surface area contributed by atoms with Crippen molar-refractivity contribution in [2.75, 3.05) is 11.9 Å². The van der Waals surface area contributed by atoms with Crippen LogP contribution in [0.3, 0.4) is 0 Å². The smallest absolute Gasteiger partial charge is 0.133 e. The Hall–Kier alpha value is -1.56. The Morgan fingerprint density at radius 2 is 2.11 bits per heavy atom. The lowest BCUT2D eigenvalue weighted by atomic mass is 10.3. The van der Waals surface area contributed by atoms with Gasteiger partial charge in [0.1, 0.15) is 22.2 Å². The lowest BCUT2D eigenvalue weighted by Crippen LogP contribution is -2.03. The molecule has 0 unspecified atom stereocenters. The summed E-state index contributed by atoms with van der Waals surface area (Å²) in [6.45, 7) is 6.93. The minimum Gasteiger partial charge on any atom is -0.370 e. The average Bonchev–Trinajstić information content (AvgIpc) is 2.63. The normalized spacial score (nSPS) is 10.7. The van der Waals surface area contributed by atoms with Crippen LogP contribution in [0.5, 0.6) is 0 Å². The van der Waals surface area contributed by atoms with Gasteiger partial charge in [-0.15, -0.1) is 0 Å². The van der Waals surface area contributed by atoms with Crippen LogP contribution in [-0.4, -0.2) is 26.3 Å². The highest BCUT2D eigenvalue weighted by atomic mass is 32.2. The molecule has 0 spiro atoms. The van der Waals surface area contributed by atoms with Gasteiger partial charge in [0.15, 0.2) is 0 Å². The van der Waals surface area contributed by atoms with E-state index in [4.69, 9.17) is 0 Å². The maximum Gasteiger partial charge on any atom is 0.133 e. The van der Waals surface area contributed by atoms with Crippen LogP contribution in [0.25, 0.3) is 0 Å². The zero-order valence-corrected chi connectivity index (χ0v) is 11.9. The van der Waals surface area contributed by atoms with E-state index in [1.807, 2.05) is 25.6 Å². The van der Waals surface area contributed by atoms with Gasteiger partial charge in [-0.2, -0.15) is 5.10 Å². The van der Waals surface area contributed by atoms with Crippen molar-refractivity contribution in [1.82, 2.24) is 19.7 Å². The largest absolute Gasteiger partial charge is 0.370 e. The molecule has 0 aromatic carbocycles. The van der Waals surface area contributed by atoms with E-state index in [0.717, 1.165) is 33.7 Å². The van der Waals surface area contributed by atoms with Gasteiger partial charge >= 0.3 is 0 Å². The van der Waals surface area contributed by atoms with Gasteiger partial charge in [0.25, 0.3) is 0 Å². The van der Waals surface area contributed by atoms with Crippen LogP contribution >= 0.6 is 11.8 Å². The fourth-order valence-electron chi connectivity index (χ4n) is 1.66. The van der Waals surface area contributed by atoms with E-state index in [1.54, 1.807) is 18.1 Å². The molecule has 0 saturated heterocycles. The van der Waals surface area contributed by atoms with Gasteiger partial charge in [-0.1, -0.05) is 0 Å². The summed E-state index contributed by atoms with van der Waals surface area (Å²) in [5.41, 5.74) is 2.09. The molecule has 1 N–H and O–H groups in total. The fraction of sp³-hybridized carbons (Fsp3) is 0.417. The van der Waals surface area contributed by atoms with E-state index in [-0.39, 0.29) is 0 Å². The number of aryl methyl sites for hydroxylation is 2. The Bertz CT molecular complexity index is 549. The molecular weight excluding hydrogens is 246 g/mol. The summed E-state index contributed by atoms with van der Waals surface area (Å²) in [5, 5.41) is 9.61. The van der Waals surface area contributed by atoms with Crippen LogP contribution in [0.4, 0.5) is 5.82 Å². The fourth-order valence-corrected chi connectivity index (χ4v) is 2.61. The van der Waals surface area contributed by atoms with Gasteiger partial charge in [0, 0.05) is 19.2 Å². The summed E-state index contributed by atoms with van der Waals surface area (Å²) in [6.07, 6.45) is 1.59. The van der Waals surface area contributed by atoms with Crippen molar-refractivity contribution in [3.05, 3.63) is 23.7 Å². The second-order valence-electron chi connectivity index (χ2n) is 4.03. The van der Waals surface area contributed by atoms with Gasteiger partial charge < -0.3 is 5.32 Å². The number of nitrogens with zero attached hydrogens (tertiary/aromatic N) is 4. The van der Waals surface area contributed by atoms with Crippen LogP contribution in [0.2, 0.25) is 0 Å². The number of hydrogen-bond acceptors (Lipinski definition) is 5. The van der Waals surface area contributed by atoms with Crippen molar-refractivity contribution in [3.63, 3.8) is 0 Å². The second kappa shape index (κ2) is 5.39. The Morgan fingerprint density at radius 3 is 2.72 bits per heavy atom. The second-order valence-corrected chi connectivity index (χ2v) is 5.04. The summed E-state index contributed by atoms with van der Waals surface area (Å²) in [7, 11) is 1.94. The van der Waals surface area contributed by atoms with Crippen molar-refractivity contribution in [3.8, 4) is 0 Å². The molecule has 0 aliphatic rings. The van der Waals surface area contributed by atoms with E-state index < -0.39 is 0 Å². The monoisotopic (exact) mass is 263 g/mol. The van der Waals surface area contributed by atoms with Crippen LogP contribution < -0.4 is 5.32 Å². The molecule has 0 saturated carbocycles. The summed E-state index contributed by atoms with van der Waals surface area (Å²) < 4.78 is 1.87. The molecule has 96 valence electrons.